The molecular formula is C12H22N2O3. The minimum absolute atomic E-state index is 0.0433. The Labute approximate surface area is 102 Å². The van der Waals surface area contributed by atoms with Crippen molar-refractivity contribution in [3.05, 3.63) is 0 Å². The summed E-state index contributed by atoms with van der Waals surface area (Å²) in [4.78, 5) is 24.5. The summed E-state index contributed by atoms with van der Waals surface area (Å²) < 4.78 is 4.95. The first-order valence-corrected chi connectivity index (χ1v) is 6.17. The zero-order valence-corrected chi connectivity index (χ0v) is 10.7. The van der Waals surface area contributed by atoms with E-state index in [0.29, 0.717) is 26.2 Å². The Morgan fingerprint density at radius 3 is 2.59 bits per heavy atom. The van der Waals surface area contributed by atoms with Crippen LogP contribution in [0.5, 0.6) is 0 Å². The summed E-state index contributed by atoms with van der Waals surface area (Å²) in [6.45, 7) is 4.01. The second-order valence-corrected chi connectivity index (χ2v) is 4.42. The molecule has 1 fully saturated rings. The first-order chi connectivity index (χ1) is 8.15. The number of ether oxygens (including phenoxy) is 1. The zero-order valence-electron chi connectivity index (χ0n) is 10.7. The van der Waals surface area contributed by atoms with E-state index in [1.54, 1.807) is 18.9 Å². The van der Waals surface area contributed by atoms with E-state index in [0.717, 1.165) is 19.3 Å². The molecule has 1 aliphatic rings. The Hall–Kier alpha value is -1.10. The van der Waals surface area contributed by atoms with Crippen LogP contribution < -0.4 is 5.32 Å². The molecule has 0 unspecified atom stereocenters. The maximum Gasteiger partial charge on any atom is 0.223 e. The van der Waals surface area contributed by atoms with Gasteiger partial charge in [0.05, 0.1) is 0 Å². The van der Waals surface area contributed by atoms with E-state index < -0.39 is 0 Å². The minimum atomic E-state index is 0.0433. The molecule has 1 N–H and O–H groups in total. The van der Waals surface area contributed by atoms with Crippen LogP contribution in [0.15, 0.2) is 0 Å². The van der Waals surface area contributed by atoms with Crippen molar-refractivity contribution in [2.45, 2.75) is 26.2 Å². The predicted octanol–water partition coefficient (Wildman–Crippen LogP) is 0.398. The number of hydrogen-bond acceptors (Lipinski definition) is 3. The van der Waals surface area contributed by atoms with Crippen LogP contribution in [0, 0.1) is 5.92 Å². The standard InChI is InChI=1S/C12H22N2O3/c1-10(15)14(7-3-9-17-2)8-6-13-12(16)11-4-5-11/h11H,3-9H2,1-2H3,(H,13,16). The van der Waals surface area contributed by atoms with Crippen LogP contribution in [-0.2, 0) is 14.3 Å². The molecule has 0 heterocycles. The van der Waals surface area contributed by atoms with E-state index >= 15 is 0 Å². The molecule has 0 aliphatic heterocycles. The summed E-state index contributed by atoms with van der Waals surface area (Å²) in [5.74, 6) is 0.404. The highest BCUT2D eigenvalue weighted by atomic mass is 16.5. The molecule has 0 aromatic rings. The molecule has 0 bridgehead atoms. The maximum absolute atomic E-state index is 11.4. The molecule has 0 spiro atoms. The Morgan fingerprint density at radius 2 is 2.06 bits per heavy atom. The fourth-order valence-electron chi connectivity index (χ4n) is 1.63. The first kappa shape index (κ1) is 14.0. The number of methoxy groups -OCH3 is 1. The van der Waals surface area contributed by atoms with Crippen LogP contribution in [0.2, 0.25) is 0 Å². The second-order valence-electron chi connectivity index (χ2n) is 4.42. The predicted molar refractivity (Wildman–Crippen MR) is 64.5 cm³/mol. The normalized spacial score (nSPS) is 14.5. The third-order valence-electron chi connectivity index (χ3n) is 2.85. The monoisotopic (exact) mass is 242 g/mol. The van der Waals surface area contributed by atoms with E-state index in [9.17, 15) is 9.59 Å². The van der Waals surface area contributed by atoms with Crippen molar-refractivity contribution >= 4 is 11.8 Å². The number of hydrogen-bond donors (Lipinski definition) is 1. The molecule has 5 heteroatoms. The number of carbonyl (C=O) groups is 2. The molecule has 2 amide bonds. The van der Waals surface area contributed by atoms with Gasteiger partial charge in [-0.3, -0.25) is 9.59 Å². The van der Waals surface area contributed by atoms with Crippen molar-refractivity contribution in [2.75, 3.05) is 33.4 Å². The molecule has 0 radical (unpaired) electrons. The molecule has 5 nitrogen and oxygen atoms in total. The average Bonchev–Trinajstić information content (AvgIpc) is 3.10. The van der Waals surface area contributed by atoms with E-state index in [2.05, 4.69) is 5.32 Å². The third-order valence-corrected chi connectivity index (χ3v) is 2.85. The van der Waals surface area contributed by atoms with Gasteiger partial charge >= 0.3 is 0 Å². The molecule has 0 aromatic heterocycles. The fourth-order valence-corrected chi connectivity index (χ4v) is 1.63. The van der Waals surface area contributed by atoms with E-state index in [1.807, 2.05) is 0 Å². The highest BCUT2D eigenvalue weighted by molar-refractivity contribution is 5.80. The molecule has 17 heavy (non-hydrogen) atoms. The van der Waals surface area contributed by atoms with Gasteiger partial charge in [0.1, 0.15) is 0 Å². The summed E-state index contributed by atoms with van der Waals surface area (Å²) in [6, 6.07) is 0. The number of nitrogens with one attached hydrogen (secondary N) is 1. The van der Waals surface area contributed by atoms with Crippen molar-refractivity contribution in [1.82, 2.24) is 10.2 Å². The molecule has 1 saturated carbocycles. The molecule has 98 valence electrons. The van der Waals surface area contributed by atoms with E-state index in [-0.39, 0.29) is 17.7 Å². The molecular weight excluding hydrogens is 220 g/mol. The van der Waals surface area contributed by atoms with Gasteiger partial charge in [-0.25, -0.2) is 0 Å². The fraction of sp³-hybridized carbons (Fsp3) is 0.833. The van der Waals surface area contributed by atoms with Gasteiger partial charge in [-0.2, -0.15) is 0 Å². The van der Waals surface area contributed by atoms with Crippen molar-refractivity contribution in [2.24, 2.45) is 5.92 Å². The van der Waals surface area contributed by atoms with Crippen LogP contribution in [0.1, 0.15) is 26.2 Å². The van der Waals surface area contributed by atoms with Gasteiger partial charge in [0, 0.05) is 46.2 Å². The largest absolute Gasteiger partial charge is 0.385 e. The van der Waals surface area contributed by atoms with Crippen LogP contribution in [-0.4, -0.2) is 50.1 Å². The molecule has 1 aliphatic carbocycles. The number of amides is 2. The quantitative estimate of drug-likeness (QED) is 0.627. The van der Waals surface area contributed by atoms with E-state index in [1.165, 1.54) is 0 Å². The van der Waals surface area contributed by atoms with E-state index in [4.69, 9.17) is 4.74 Å². The Morgan fingerprint density at radius 1 is 1.35 bits per heavy atom. The smallest absolute Gasteiger partial charge is 0.223 e. The Kier molecular flexibility index (Phi) is 5.97. The van der Waals surface area contributed by atoms with Gasteiger partial charge in [0.15, 0.2) is 0 Å². The third kappa shape index (κ3) is 5.68. The molecule has 1 rings (SSSR count). The van der Waals surface area contributed by atoms with Crippen LogP contribution >= 0.6 is 0 Å². The lowest BCUT2D eigenvalue weighted by Gasteiger charge is -2.21. The van der Waals surface area contributed by atoms with Crippen LogP contribution in [0.3, 0.4) is 0 Å². The Balaban J connectivity index is 2.14. The first-order valence-electron chi connectivity index (χ1n) is 6.17. The van der Waals surface area contributed by atoms with Crippen LogP contribution in [0.25, 0.3) is 0 Å². The lowest BCUT2D eigenvalue weighted by Crippen LogP contribution is -2.38. The van der Waals surface area contributed by atoms with Gasteiger partial charge in [0.25, 0.3) is 0 Å². The topological polar surface area (TPSA) is 58.6 Å². The molecule has 0 saturated heterocycles. The van der Waals surface area contributed by atoms with Gasteiger partial charge < -0.3 is 15.0 Å². The van der Waals surface area contributed by atoms with Gasteiger partial charge in [-0.15, -0.1) is 0 Å². The average molecular weight is 242 g/mol. The second kappa shape index (κ2) is 7.27. The minimum Gasteiger partial charge on any atom is -0.385 e. The van der Waals surface area contributed by atoms with Crippen LogP contribution in [0.4, 0.5) is 0 Å². The SMILES string of the molecule is COCCCN(CCNC(=O)C1CC1)C(C)=O. The highest BCUT2D eigenvalue weighted by Gasteiger charge is 2.29. The zero-order chi connectivity index (χ0) is 12.7. The summed E-state index contributed by atoms with van der Waals surface area (Å²) in [6.07, 6.45) is 2.85. The van der Waals surface area contributed by atoms with Crippen molar-refractivity contribution < 1.29 is 14.3 Å². The molecule has 0 atom stereocenters. The number of carbonyl (C=O) groups excluding carboxylic acids is 2. The Bertz CT molecular complexity index is 264. The van der Waals surface area contributed by atoms with Gasteiger partial charge in [-0.05, 0) is 19.3 Å². The highest BCUT2D eigenvalue weighted by Crippen LogP contribution is 2.28. The van der Waals surface area contributed by atoms with Crippen molar-refractivity contribution in [1.29, 1.82) is 0 Å². The molecule has 0 aromatic carbocycles. The summed E-state index contributed by atoms with van der Waals surface area (Å²) in [5.41, 5.74) is 0. The maximum atomic E-state index is 11.4. The van der Waals surface area contributed by atoms with Crippen molar-refractivity contribution in [3.8, 4) is 0 Å². The lowest BCUT2D eigenvalue weighted by molar-refractivity contribution is -0.129. The summed E-state index contributed by atoms with van der Waals surface area (Å²) >= 11 is 0. The number of nitrogens with zero attached hydrogens (tertiary/aromatic N) is 1. The van der Waals surface area contributed by atoms with Gasteiger partial charge in [-0.1, -0.05) is 0 Å². The van der Waals surface area contributed by atoms with Crippen molar-refractivity contribution in [3.63, 3.8) is 0 Å². The van der Waals surface area contributed by atoms with Gasteiger partial charge in [0.2, 0.25) is 11.8 Å². The summed E-state index contributed by atoms with van der Waals surface area (Å²) in [5, 5.41) is 2.86. The lowest BCUT2D eigenvalue weighted by atomic mass is 10.3. The summed E-state index contributed by atoms with van der Waals surface area (Å²) in [7, 11) is 1.65. The number of rotatable bonds is 8.